The molecule has 0 saturated heterocycles. The largest absolute Gasteiger partial charge is 0.386 e. The molecule has 82 valence electrons. The first-order chi connectivity index (χ1) is 6.52. The van der Waals surface area contributed by atoms with Gasteiger partial charge in [0.05, 0.1) is 5.60 Å². The van der Waals surface area contributed by atoms with Gasteiger partial charge in [0.1, 0.15) is 0 Å². The molecular formula is C13H24O. The molecule has 0 radical (unpaired) electrons. The third-order valence-corrected chi connectivity index (χ3v) is 2.51. The Bertz CT molecular complexity index is 189. The minimum Gasteiger partial charge on any atom is -0.386 e. The number of hydrogen-bond acceptors (Lipinski definition) is 1. The second-order valence-corrected chi connectivity index (χ2v) is 4.25. The van der Waals surface area contributed by atoms with Crippen LogP contribution in [0.25, 0.3) is 0 Å². The number of rotatable bonds is 7. The van der Waals surface area contributed by atoms with E-state index >= 15 is 0 Å². The molecule has 0 aromatic heterocycles. The summed E-state index contributed by atoms with van der Waals surface area (Å²) in [4.78, 5) is 0. The molecule has 1 N–H and O–H groups in total. The van der Waals surface area contributed by atoms with Crippen LogP contribution in [0.5, 0.6) is 0 Å². The summed E-state index contributed by atoms with van der Waals surface area (Å²) in [6.45, 7) is 9.78. The first kappa shape index (κ1) is 13.4. The third kappa shape index (κ3) is 6.90. The van der Waals surface area contributed by atoms with Crippen LogP contribution < -0.4 is 0 Å². The maximum Gasteiger partial charge on any atom is 0.0800 e. The quantitative estimate of drug-likeness (QED) is 0.613. The number of allylic oxidation sites excluding steroid dienone is 2. The van der Waals surface area contributed by atoms with E-state index in [-0.39, 0.29) is 0 Å². The Morgan fingerprint density at radius 1 is 1.50 bits per heavy atom. The molecule has 0 spiro atoms. The van der Waals surface area contributed by atoms with E-state index in [0.29, 0.717) is 0 Å². The molecule has 0 aliphatic carbocycles. The first-order valence-electron chi connectivity index (χ1n) is 5.53. The van der Waals surface area contributed by atoms with Gasteiger partial charge in [0.2, 0.25) is 0 Å². The van der Waals surface area contributed by atoms with Crippen molar-refractivity contribution in [3.63, 3.8) is 0 Å². The maximum absolute atomic E-state index is 9.66. The minimum atomic E-state index is -0.707. The summed E-state index contributed by atoms with van der Waals surface area (Å²) >= 11 is 0. The smallest absolute Gasteiger partial charge is 0.0800 e. The number of unbranched alkanes of at least 4 members (excludes halogenated alkanes) is 1. The predicted molar refractivity (Wildman–Crippen MR) is 63.3 cm³/mol. The van der Waals surface area contributed by atoms with Gasteiger partial charge in [-0.25, -0.2) is 0 Å². The first-order valence-corrected chi connectivity index (χ1v) is 5.53. The molecule has 14 heavy (non-hydrogen) atoms. The Hall–Kier alpha value is -0.560. The summed E-state index contributed by atoms with van der Waals surface area (Å²) in [6.07, 6.45) is 9.24. The van der Waals surface area contributed by atoms with E-state index in [1.807, 2.05) is 0 Å². The molecule has 1 unspecified atom stereocenters. The van der Waals surface area contributed by atoms with Crippen LogP contribution in [0.1, 0.15) is 52.9 Å². The van der Waals surface area contributed by atoms with E-state index in [1.165, 1.54) is 24.8 Å². The van der Waals surface area contributed by atoms with E-state index in [9.17, 15) is 5.11 Å². The van der Waals surface area contributed by atoms with Crippen molar-refractivity contribution >= 4 is 0 Å². The van der Waals surface area contributed by atoms with Crippen molar-refractivity contribution in [3.8, 4) is 0 Å². The highest BCUT2D eigenvalue weighted by Gasteiger charge is 2.12. The molecule has 1 atom stereocenters. The molecule has 0 fully saturated rings. The Morgan fingerprint density at radius 3 is 2.64 bits per heavy atom. The van der Waals surface area contributed by atoms with E-state index in [4.69, 9.17) is 0 Å². The zero-order chi connectivity index (χ0) is 11.0. The lowest BCUT2D eigenvalue weighted by Crippen LogP contribution is -2.19. The lowest BCUT2D eigenvalue weighted by atomic mass is 9.99. The molecule has 0 aromatic carbocycles. The molecule has 0 aliphatic rings. The summed E-state index contributed by atoms with van der Waals surface area (Å²) in [5.74, 6) is 0. The van der Waals surface area contributed by atoms with Crippen LogP contribution in [0, 0.1) is 0 Å². The van der Waals surface area contributed by atoms with E-state index in [2.05, 4.69) is 26.5 Å². The lowest BCUT2D eigenvalue weighted by molar-refractivity contribution is 0.103. The van der Waals surface area contributed by atoms with Crippen LogP contribution in [-0.4, -0.2) is 10.7 Å². The highest BCUT2D eigenvalue weighted by atomic mass is 16.3. The number of hydrogen-bond donors (Lipinski definition) is 1. The zero-order valence-electron chi connectivity index (χ0n) is 9.84. The Morgan fingerprint density at radius 2 is 2.14 bits per heavy atom. The van der Waals surface area contributed by atoms with Gasteiger partial charge in [-0.1, -0.05) is 31.1 Å². The molecule has 1 nitrogen and oxygen atoms in total. The Labute approximate surface area is 88.5 Å². The molecule has 0 saturated carbocycles. The van der Waals surface area contributed by atoms with Crippen LogP contribution in [0.4, 0.5) is 0 Å². The maximum atomic E-state index is 9.66. The van der Waals surface area contributed by atoms with Gasteiger partial charge in [-0.2, -0.15) is 0 Å². The molecule has 0 bridgehead atoms. The molecule has 0 rings (SSSR count). The van der Waals surface area contributed by atoms with Gasteiger partial charge in [0.25, 0.3) is 0 Å². The lowest BCUT2D eigenvalue weighted by Gasteiger charge is -2.16. The third-order valence-electron chi connectivity index (χ3n) is 2.51. The van der Waals surface area contributed by atoms with Crippen molar-refractivity contribution in [2.75, 3.05) is 0 Å². The van der Waals surface area contributed by atoms with Gasteiger partial charge in [0, 0.05) is 0 Å². The Kier molecular flexibility index (Phi) is 6.56. The molecule has 0 aromatic rings. The summed E-state index contributed by atoms with van der Waals surface area (Å²) in [7, 11) is 0. The van der Waals surface area contributed by atoms with Gasteiger partial charge in [-0.3, -0.25) is 0 Å². The van der Waals surface area contributed by atoms with Crippen molar-refractivity contribution < 1.29 is 5.11 Å². The van der Waals surface area contributed by atoms with Gasteiger partial charge in [-0.05, 0) is 39.5 Å². The van der Waals surface area contributed by atoms with Crippen molar-refractivity contribution in [3.05, 3.63) is 24.3 Å². The van der Waals surface area contributed by atoms with Crippen LogP contribution in [0.15, 0.2) is 24.3 Å². The second-order valence-electron chi connectivity index (χ2n) is 4.25. The van der Waals surface area contributed by atoms with E-state index < -0.39 is 5.60 Å². The highest BCUT2D eigenvalue weighted by molar-refractivity contribution is 5.00. The standard InChI is InChI=1S/C13H24O/c1-5-7-9-12(3)10-8-11-13(4,14)6-2/h6,10,14H,2,5,7-9,11H2,1,3-4H3. The van der Waals surface area contributed by atoms with Gasteiger partial charge < -0.3 is 5.11 Å². The van der Waals surface area contributed by atoms with Gasteiger partial charge in [-0.15, -0.1) is 6.58 Å². The second kappa shape index (κ2) is 6.83. The average Bonchev–Trinajstić information content (AvgIpc) is 2.14. The van der Waals surface area contributed by atoms with Gasteiger partial charge >= 0.3 is 0 Å². The predicted octanol–water partition coefficient (Wildman–Crippen LogP) is 3.84. The Balaban J connectivity index is 3.75. The minimum absolute atomic E-state index is 0.707. The van der Waals surface area contributed by atoms with E-state index in [0.717, 1.165) is 12.8 Å². The van der Waals surface area contributed by atoms with Gasteiger partial charge in [0.15, 0.2) is 0 Å². The summed E-state index contributed by atoms with van der Waals surface area (Å²) in [5.41, 5.74) is 0.730. The fraction of sp³-hybridized carbons (Fsp3) is 0.692. The topological polar surface area (TPSA) is 20.2 Å². The normalized spacial score (nSPS) is 16.4. The van der Waals surface area contributed by atoms with E-state index in [1.54, 1.807) is 13.0 Å². The molecular weight excluding hydrogens is 172 g/mol. The summed E-state index contributed by atoms with van der Waals surface area (Å²) in [6, 6.07) is 0. The van der Waals surface area contributed by atoms with Crippen LogP contribution >= 0.6 is 0 Å². The molecule has 0 amide bonds. The van der Waals surface area contributed by atoms with Crippen molar-refractivity contribution in [2.24, 2.45) is 0 Å². The van der Waals surface area contributed by atoms with Crippen molar-refractivity contribution in [2.45, 2.75) is 58.5 Å². The number of aliphatic hydroxyl groups is 1. The molecule has 1 heteroatoms. The summed E-state index contributed by atoms with van der Waals surface area (Å²) in [5, 5.41) is 9.66. The fourth-order valence-electron chi connectivity index (χ4n) is 1.27. The molecule has 0 aliphatic heterocycles. The zero-order valence-corrected chi connectivity index (χ0v) is 9.84. The average molecular weight is 196 g/mol. The SMILES string of the molecule is C=CC(C)(O)CCC=C(C)CCCC. The van der Waals surface area contributed by atoms with Crippen molar-refractivity contribution in [1.82, 2.24) is 0 Å². The van der Waals surface area contributed by atoms with Crippen LogP contribution in [-0.2, 0) is 0 Å². The van der Waals surface area contributed by atoms with Crippen LogP contribution in [0.2, 0.25) is 0 Å². The monoisotopic (exact) mass is 196 g/mol. The fourth-order valence-corrected chi connectivity index (χ4v) is 1.27. The molecule has 0 heterocycles. The summed E-state index contributed by atoms with van der Waals surface area (Å²) < 4.78 is 0. The van der Waals surface area contributed by atoms with Crippen LogP contribution in [0.3, 0.4) is 0 Å². The van der Waals surface area contributed by atoms with Crippen molar-refractivity contribution in [1.29, 1.82) is 0 Å². The highest BCUT2D eigenvalue weighted by Crippen LogP contribution is 2.15.